The number of carbonyl (C=O) groups is 2. The van der Waals surface area contributed by atoms with Crippen molar-refractivity contribution >= 4 is 23.4 Å². The lowest BCUT2D eigenvalue weighted by atomic mass is 10.2. The molecule has 122 valence electrons. The van der Waals surface area contributed by atoms with Crippen molar-refractivity contribution < 1.29 is 9.59 Å². The fourth-order valence-corrected chi connectivity index (χ4v) is 2.22. The summed E-state index contributed by atoms with van der Waals surface area (Å²) in [6.07, 6.45) is 5.47. The molecule has 2 amide bonds. The number of nitrogens with zero attached hydrogens (tertiary/aromatic N) is 2. The lowest BCUT2D eigenvalue weighted by molar-refractivity contribution is -0.121. The molecule has 1 heterocycles. The van der Waals surface area contributed by atoms with E-state index in [1.165, 1.54) is 0 Å². The molecule has 0 spiro atoms. The molecule has 0 saturated heterocycles. The van der Waals surface area contributed by atoms with E-state index in [1.807, 2.05) is 17.7 Å². The van der Waals surface area contributed by atoms with Crippen LogP contribution in [-0.4, -0.2) is 34.0 Å². The molecule has 23 heavy (non-hydrogen) atoms. The molecule has 1 atom stereocenters. The minimum Gasteiger partial charge on any atom is -0.352 e. The highest BCUT2D eigenvalue weighted by atomic mass is 35.5. The average molecular weight is 335 g/mol. The van der Waals surface area contributed by atoms with Crippen LogP contribution in [0.4, 0.5) is 0 Å². The van der Waals surface area contributed by atoms with Crippen LogP contribution in [-0.2, 0) is 11.3 Å². The summed E-state index contributed by atoms with van der Waals surface area (Å²) in [6, 6.07) is 6.58. The molecule has 7 heteroatoms. The molecule has 1 aromatic carbocycles. The summed E-state index contributed by atoms with van der Waals surface area (Å²) < 4.78 is 1.90. The van der Waals surface area contributed by atoms with Gasteiger partial charge in [0, 0.05) is 48.5 Å². The first-order valence-corrected chi connectivity index (χ1v) is 7.71. The number of hydrogen-bond acceptors (Lipinski definition) is 3. The van der Waals surface area contributed by atoms with Gasteiger partial charge in [-0.15, -0.1) is 0 Å². The summed E-state index contributed by atoms with van der Waals surface area (Å²) in [5, 5.41) is 6.17. The SMILES string of the molecule is C[C@H](Cn1ccnc1)NC(=O)CCNC(=O)c1ccc(Cl)cc1. The summed E-state index contributed by atoms with van der Waals surface area (Å²) in [5.41, 5.74) is 0.517. The molecular weight excluding hydrogens is 316 g/mol. The Balaban J connectivity index is 1.68. The van der Waals surface area contributed by atoms with Crippen LogP contribution in [0.1, 0.15) is 23.7 Å². The first-order valence-electron chi connectivity index (χ1n) is 7.33. The van der Waals surface area contributed by atoms with Crippen LogP contribution in [0.3, 0.4) is 0 Å². The van der Waals surface area contributed by atoms with Crippen LogP contribution in [0.25, 0.3) is 0 Å². The maximum absolute atomic E-state index is 11.9. The second-order valence-electron chi connectivity index (χ2n) is 5.24. The number of benzene rings is 1. The van der Waals surface area contributed by atoms with Crippen LogP contribution in [0.2, 0.25) is 5.02 Å². The number of aromatic nitrogens is 2. The Morgan fingerprint density at radius 3 is 2.70 bits per heavy atom. The highest BCUT2D eigenvalue weighted by molar-refractivity contribution is 6.30. The van der Waals surface area contributed by atoms with Gasteiger partial charge in [-0.2, -0.15) is 0 Å². The molecule has 0 aliphatic carbocycles. The third-order valence-corrected chi connectivity index (χ3v) is 3.45. The molecule has 0 bridgehead atoms. The van der Waals surface area contributed by atoms with Crippen LogP contribution in [0.15, 0.2) is 43.0 Å². The van der Waals surface area contributed by atoms with Gasteiger partial charge in [-0.3, -0.25) is 9.59 Å². The van der Waals surface area contributed by atoms with E-state index in [0.717, 1.165) is 0 Å². The fourth-order valence-electron chi connectivity index (χ4n) is 2.10. The Bertz CT molecular complexity index is 641. The number of halogens is 1. The summed E-state index contributed by atoms with van der Waals surface area (Å²) in [6.45, 7) is 2.86. The normalized spacial score (nSPS) is 11.7. The van der Waals surface area contributed by atoms with Gasteiger partial charge in [-0.05, 0) is 31.2 Å². The van der Waals surface area contributed by atoms with E-state index in [0.29, 0.717) is 17.1 Å². The lowest BCUT2D eigenvalue weighted by Crippen LogP contribution is -2.37. The molecule has 1 aromatic heterocycles. The van der Waals surface area contributed by atoms with Crippen LogP contribution in [0, 0.1) is 0 Å². The van der Waals surface area contributed by atoms with Crippen LogP contribution >= 0.6 is 11.6 Å². The second kappa shape index (κ2) is 8.33. The predicted octanol–water partition coefficient (Wildman–Crippen LogP) is 1.86. The topological polar surface area (TPSA) is 76.0 Å². The van der Waals surface area contributed by atoms with E-state index in [1.54, 1.807) is 36.8 Å². The molecule has 0 saturated carbocycles. The molecule has 2 rings (SSSR count). The molecule has 2 N–H and O–H groups in total. The Labute approximate surface area is 139 Å². The lowest BCUT2D eigenvalue weighted by Gasteiger charge is -2.14. The number of nitrogens with one attached hydrogen (secondary N) is 2. The van der Waals surface area contributed by atoms with Gasteiger partial charge in [0.25, 0.3) is 5.91 Å². The molecule has 0 radical (unpaired) electrons. The van der Waals surface area contributed by atoms with Gasteiger partial charge in [0.2, 0.25) is 5.91 Å². The van der Waals surface area contributed by atoms with Crippen molar-refractivity contribution in [3.05, 3.63) is 53.6 Å². The third-order valence-electron chi connectivity index (χ3n) is 3.20. The minimum atomic E-state index is -0.221. The van der Waals surface area contributed by atoms with Crippen molar-refractivity contribution in [3.8, 4) is 0 Å². The van der Waals surface area contributed by atoms with Gasteiger partial charge in [-0.25, -0.2) is 4.98 Å². The highest BCUT2D eigenvalue weighted by Crippen LogP contribution is 2.09. The van der Waals surface area contributed by atoms with E-state index in [9.17, 15) is 9.59 Å². The number of imidazole rings is 1. The van der Waals surface area contributed by atoms with Gasteiger partial charge in [-0.1, -0.05) is 11.6 Å². The third kappa shape index (κ3) is 5.75. The van der Waals surface area contributed by atoms with Crippen molar-refractivity contribution in [1.82, 2.24) is 20.2 Å². The minimum absolute atomic E-state index is 0.0105. The molecule has 2 aromatic rings. The monoisotopic (exact) mass is 334 g/mol. The quantitative estimate of drug-likeness (QED) is 0.811. The Hall–Kier alpha value is -2.34. The number of amides is 2. The number of rotatable bonds is 7. The first-order chi connectivity index (χ1) is 11.0. The molecular formula is C16H19ClN4O2. The molecule has 0 unspecified atom stereocenters. The van der Waals surface area contributed by atoms with Crippen molar-refractivity contribution in [1.29, 1.82) is 0 Å². The number of carbonyl (C=O) groups excluding carboxylic acids is 2. The first kappa shape index (κ1) is 17.0. The Kier molecular flexibility index (Phi) is 6.17. The van der Waals surface area contributed by atoms with E-state index in [4.69, 9.17) is 11.6 Å². The second-order valence-corrected chi connectivity index (χ2v) is 5.68. The van der Waals surface area contributed by atoms with E-state index in [-0.39, 0.29) is 30.8 Å². The largest absolute Gasteiger partial charge is 0.352 e. The van der Waals surface area contributed by atoms with Gasteiger partial charge < -0.3 is 15.2 Å². The predicted molar refractivity (Wildman–Crippen MR) is 88.2 cm³/mol. The Morgan fingerprint density at radius 1 is 1.30 bits per heavy atom. The fraction of sp³-hybridized carbons (Fsp3) is 0.312. The maximum Gasteiger partial charge on any atom is 0.251 e. The van der Waals surface area contributed by atoms with Gasteiger partial charge in [0.15, 0.2) is 0 Å². The van der Waals surface area contributed by atoms with Crippen LogP contribution in [0.5, 0.6) is 0 Å². The zero-order valence-electron chi connectivity index (χ0n) is 12.8. The zero-order valence-corrected chi connectivity index (χ0v) is 13.6. The Morgan fingerprint density at radius 2 is 2.04 bits per heavy atom. The smallest absolute Gasteiger partial charge is 0.251 e. The summed E-state index contributed by atoms with van der Waals surface area (Å²) in [5.74, 6) is -0.324. The van der Waals surface area contributed by atoms with E-state index >= 15 is 0 Å². The molecule has 0 aliphatic rings. The van der Waals surface area contributed by atoms with Gasteiger partial charge in [0.1, 0.15) is 0 Å². The van der Waals surface area contributed by atoms with E-state index < -0.39 is 0 Å². The zero-order chi connectivity index (χ0) is 16.7. The summed E-state index contributed by atoms with van der Waals surface area (Å²) in [4.78, 5) is 27.7. The highest BCUT2D eigenvalue weighted by Gasteiger charge is 2.09. The van der Waals surface area contributed by atoms with Crippen molar-refractivity contribution in [2.75, 3.05) is 6.54 Å². The van der Waals surface area contributed by atoms with Crippen molar-refractivity contribution in [2.24, 2.45) is 0 Å². The standard InChI is InChI=1S/C16H19ClN4O2/c1-12(10-21-9-8-18-11-21)20-15(22)6-7-19-16(23)13-2-4-14(17)5-3-13/h2-5,8-9,11-12H,6-7,10H2,1H3,(H,19,23)(H,20,22)/t12-/m1/s1. The van der Waals surface area contributed by atoms with Crippen molar-refractivity contribution in [2.45, 2.75) is 25.9 Å². The van der Waals surface area contributed by atoms with Crippen molar-refractivity contribution in [3.63, 3.8) is 0 Å². The van der Waals surface area contributed by atoms with Crippen LogP contribution < -0.4 is 10.6 Å². The van der Waals surface area contributed by atoms with Gasteiger partial charge >= 0.3 is 0 Å². The molecule has 0 aliphatic heterocycles. The molecule has 6 nitrogen and oxygen atoms in total. The summed E-state index contributed by atoms with van der Waals surface area (Å²) in [7, 11) is 0. The molecule has 0 fully saturated rings. The summed E-state index contributed by atoms with van der Waals surface area (Å²) >= 11 is 5.77. The average Bonchev–Trinajstić information content (AvgIpc) is 3.00. The maximum atomic E-state index is 11.9. The number of hydrogen-bond donors (Lipinski definition) is 2. The van der Waals surface area contributed by atoms with E-state index in [2.05, 4.69) is 15.6 Å². The van der Waals surface area contributed by atoms with Gasteiger partial charge in [0.05, 0.1) is 6.33 Å².